The third kappa shape index (κ3) is 3.59. The summed E-state index contributed by atoms with van der Waals surface area (Å²) < 4.78 is 12.9. The molecule has 0 radical (unpaired) electrons. The van der Waals surface area contributed by atoms with Crippen LogP contribution in [-0.4, -0.2) is 23.5 Å². The van der Waals surface area contributed by atoms with Crippen LogP contribution >= 0.6 is 0 Å². The predicted octanol–water partition coefficient (Wildman–Crippen LogP) is 2.35. The van der Waals surface area contributed by atoms with E-state index in [1.807, 2.05) is 25.2 Å². The van der Waals surface area contributed by atoms with Gasteiger partial charge in [-0.2, -0.15) is 0 Å². The Morgan fingerprint density at radius 3 is 2.53 bits per heavy atom. The summed E-state index contributed by atoms with van der Waals surface area (Å²) >= 11 is 0. The molecule has 19 heavy (non-hydrogen) atoms. The van der Waals surface area contributed by atoms with Gasteiger partial charge in [-0.3, -0.25) is 9.88 Å². The average Bonchev–Trinajstić information content (AvgIpc) is 2.43. The first kappa shape index (κ1) is 13.6. The Kier molecular flexibility index (Phi) is 4.60. The van der Waals surface area contributed by atoms with Gasteiger partial charge in [0.05, 0.1) is 5.69 Å². The highest BCUT2D eigenvalue weighted by Gasteiger charge is 2.15. The maximum Gasteiger partial charge on any atom is 0.123 e. The summed E-state index contributed by atoms with van der Waals surface area (Å²) in [6.07, 6.45) is 1.78. The van der Waals surface area contributed by atoms with E-state index in [2.05, 4.69) is 9.88 Å². The van der Waals surface area contributed by atoms with Crippen LogP contribution in [0, 0.1) is 5.82 Å². The number of likely N-dealkylation sites (N-methyl/N-ethyl adjacent to an activating group) is 1. The third-order valence-electron chi connectivity index (χ3n) is 3.15. The smallest absolute Gasteiger partial charge is 0.123 e. The van der Waals surface area contributed by atoms with Crippen molar-refractivity contribution in [1.29, 1.82) is 0 Å². The molecule has 1 heterocycles. The lowest BCUT2D eigenvalue weighted by Gasteiger charge is -2.27. The second-order valence-electron chi connectivity index (χ2n) is 4.54. The zero-order chi connectivity index (χ0) is 13.7. The lowest BCUT2D eigenvalue weighted by Crippen LogP contribution is -2.30. The first-order valence-electron chi connectivity index (χ1n) is 6.26. The molecule has 3 nitrogen and oxygen atoms in total. The van der Waals surface area contributed by atoms with Gasteiger partial charge in [0.15, 0.2) is 0 Å². The summed E-state index contributed by atoms with van der Waals surface area (Å²) in [6, 6.07) is 12.4. The fourth-order valence-corrected chi connectivity index (χ4v) is 2.11. The van der Waals surface area contributed by atoms with Gasteiger partial charge in [0.1, 0.15) is 5.82 Å². The molecule has 1 aromatic heterocycles. The van der Waals surface area contributed by atoms with Crippen molar-refractivity contribution in [2.45, 2.75) is 12.6 Å². The molecule has 0 spiro atoms. The van der Waals surface area contributed by atoms with Gasteiger partial charge in [-0.25, -0.2) is 4.39 Å². The van der Waals surface area contributed by atoms with Gasteiger partial charge >= 0.3 is 0 Å². The molecule has 0 aliphatic rings. The number of nitrogens with two attached hydrogens (primary N) is 1. The van der Waals surface area contributed by atoms with Crippen LogP contribution in [0.2, 0.25) is 0 Å². The molecule has 1 unspecified atom stereocenters. The minimum atomic E-state index is -0.230. The molecule has 0 saturated carbocycles. The maximum atomic E-state index is 12.9. The van der Waals surface area contributed by atoms with Gasteiger partial charge < -0.3 is 5.73 Å². The van der Waals surface area contributed by atoms with E-state index in [1.54, 1.807) is 18.3 Å². The highest BCUT2D eigenvalue weighted by molar-refractivity contribution is 5.20. The summed E-state index contributed by atoms with van der Waals surface area (Å²) in [5.74, 6) is -0.230. The zero-order valence-corrected chi connectivity index (χ0v) is 11.0. The summed E-state index contributed by atoms with van der Waals surface area (Å²) in [4.78, 5) is 6.42. The molecule has 2 N–H and O–H groups in total. The Bertz CT molecular complexity index is 499. The van der Waals surface area contributed by atoms with E-state index in [-0.39, 0.29) is 11.9 Å². The number of aromatic nitrogens is 1. The van der Waals surface area contributed by atoms with E-state index in [4.69, 9.17) is 5.73 Å². The Labute approximate surface area is 112 Å². The lowest BCUT2D eigenvalue weighted by atomic mass is 10.1. The largest absolute Gasteiger partial charge is 0.329 e. The summed E-state index contributed by atoms with van der Waals surface area (Å²) in [6.45, 7) is 1.19. The molecule has 2 aromatic rings. The average molecular weight is 259 g/mol. The van der Waals surface area contributed by atoms with Gasteiger partial charge in [-0.15, -0.1) is 0 Å². The SMILES string of the molecule is CN(Cc1ccccn1)C(CN)c1ccc(F)cc1. The minimum absolute atomic E-state index is 0.0580. The molecule has 4 heteroatoms. The first-order chi connectivity index (χ1) is 9.20. The topological polar surface area (TPSA) is 42.2 Å². The monoisotopic (exact) mass is 259 g/mol. The fourth-order valence-electron chi connectivity index (χ4n) is 2.11. The van der Waals surface area contributed by atoms with Crippen LogP contribution in [0.15, 0.2) is 48.7 Å². The van der Waals surface area contributed by atoms with Crippen LogP contribution in [0.5, 0.6) is 0 Å². The van der Waals surface area contributed by atoms with Gasteiger partial charge in [0.25, 0.3) is 0 Å². The Balaban J connectivity index is 2.11. The Morgan fingerprint density at radius 1 is 1.21 bits per heavy atom. The van der Waals surface area contributed by atoms with Crippen molar-refractivity contribution < 1.29 is 4.39 Å². The van der Waals surface area contributed by atoms with Crippen LogP contribution in [0.3, 0.4) is 0 Å². The number of hydrogen-bond acceptors (Lipinski definition) is 3. The van der Waals surface area contributed by atoms with E-state index in [0.717, 1.165) is 11.3 Å². The second-order valence-corrected chi connectivity index (χ2v) is 4.54. The molecule has 0 bridgehead atoms. The third-order valence-corrected chi connectivity index (χ3v) is 3.15. The predicted molar refractivity (Wildman–Crippen MR) is 73.9 cm³/mol. The molecule has 0 aliphatic heterocycles. The van der Waals surface area contributed by atoms with Gasteiger partial charge in [0.2, 0.25) is 0 Å². The number of hydrogen-bond donors (Lipinski definition) is 1. The molecular formula is C15H18FN3. The van der Waals surface area contributed by atoms with E-state index < -0.39 is 0 Å². The number of nitrogens with zero attached hydrogens (tertiary/aromatic N) is 2. The molecule has 0 aliphatic carbocycles. The molecule has 1 atom stereocenters. The Hall–Kier alpha value is -1.78. The first-order valence-corrected chi connectivity index (χ1v) is 6.26. The van der Waals surface area contributed by atoms with Crippen molar-refractivity contribution in [3.63, 3.8) is 0 Å². The van der Waals surface area contributed by atoms with Crippen LogP contribution < -0.4 is 5.73 Å². The van der Waals surface area contributed by atoms with Crippen LogP contribution in [0.4, 0.5) is 4.39 Å². The second kappa shape index (κ2) is 6.41. The van der Waals surface area contributed by atoms with Crippen LogP contribution in [0.25, 0.3) is 0 Å². The zero-order valence-electron chi connectivity index (χ0n) is 11.0. The highest BCUT2D eigenvalue weighted by Crippen LogP contribution is 2.20. The molecule has 100 valence electrons. The van der Waals surface area contributed by atoms with E-state index in [0.29, 0.717) is 13.1 Å². The highest BCUT2D eigenvalue weighted by atomic mass is 19.1. The lowest BCUT2D eigenvalue weighted by molar-refractivity contribution is 0.239. The molecule has 0 fully saturated rings. The standard InChI is InChI=1S/C15H18FN3/c1-19(11-14-4-2-3-9-18-14)15(10-17)12-5-7-13(16)8-6-12/h2-9,15H,10-11,17H2,1H3. The van der Waals surface area contributed by atoms with Crippen LogP contribution in [0.1, 0.15) is 17.3 Å². The van der Waals surface area contributed by atoms with Crippen molar-refractivity contribution >= 4 is 0 Å². The van der Waals surface area contributed by atoms with E-state index in [1.165, 1.54) is 12.1 Å². The van der Waals surface area contributed by atoms with Crippen molar-refractivity contribution in [3.8, 4) is 0 Å². The fraction of sp³-hybridized carbons (Fsp3) is 0.267. The van der Waals surface area contributed by atoms with Gasteiger partial charge in [0, 0.05) is 25.3 Å². The van der Waals surface area contributed by atoms with Crippen molar-refractivity contribution in [3.05, 3.63) is 65.7 Å². The molecule has 2 rings (SSSR count). The van der Waals surface area contributed by atoms with Gasteiger partial charge in [-0.05, 0) is 36.9 Å². The summed E-state index contributed by atoms with van der Waals surface area (Å²) in [5.41, 5.74) is 7.85. The van der Waals surface area contributed by atoms with E-state index >= 15 is 0 Å². The number of rotatable bonds is 5. The summed E-state index contributed by atoms with van der Waals surface area (Å²) in [5, 5.41) is 0. The van der Waals surface area contributed by atoms with Gasteiger partial charge in [-0.1, -0.05) is 18.2 Å². The molecule has 0 amide bonds. The number of halogens is 1. The maximum absolute atomic E-state index is 12.9. The van der Waals surface area contributed by atoms with E-state index in [9.17, 15) is 4.39 Å². The molecular weight excluding hydrogens is 241 g/mol. The normalized spacial score (nSPS) is 12.6. The minimum Gasteiger partial charge on any atom is -0.329 e. The Morgan fingerprint density at radius 2 is 1.95 bits per heavy atom. The molecule has 1 aromatic carbocycles. The summed E-state index contributed by atoms with van der Waals surface area (Å²) in [7, 11) is 2.00. The number of benzene rings is 1. The number of pyridine rings is 1. The molecule has 0 saturated heterocycles. The van der Waals surface area contributed by atoms with Crippen molar-refractivity contribution in [2.24, 2.45) is 5.73 Å². The van der Waals surface area contributed by atoms with Crippen LogP contribution in [-0.2, 0) is 6.54 Å². The quantitative estimate of drug-likeness (QED) is 0.896. The van der Waals surface area contributed by atoms with Crippen molar-refractivity contribution in [2.75, 3.05) is 13.6 Å². The van der Waals surface area contributed by atoms with Crippen molar-refractivity contribution in [1.82, 2.24) is 9.88 Å².